The summed E-state index contributed by atoms with van der Waals surface area (Å²) in [5, 5.41) is 0. The van der Waals surface area contributed by atoms with Gasteiger partial charge < -0.3 is 10.5 Å². The number of nitrogens with two attached hydrogens (primary N) is 1. The summed E-state index contributed by atoms with van der Waals surface area (Å²) in [6, 6.07) is 16.6. The lowest BCUT2D eigenvalue weighted by molar-refractivity contribution is 0.475. The summed E-state index contributed by atoms with van der Waals surface area (Å²) in [7, 11) is 0. The lowest BCUT2D eigenvalue weighted by atomic mass is 10.0. The molecule has 0 heterocycles. The normalized spacial score (nSPS) is 12.2. The van der Waals surface area contributed by atoms with Crippen molar-refractivity contribution in [2.45, 2.75) is 39.2 Å². The van der Waals surface area contributed by atoms with E-state index in [2.05, 4.69) is 32.0 Å². The summed E-state index contributed by atoms with van der Waals surface area (Å²) in [6.45, 7) is 4.25. The van der Waals surface area contributed by atoms with Gasteiger partial charge in [0.15, 0.2) is 0 Å². The molecule has 2 N–H and O–H groups in total. The molecule has 2 heteroatoms. The highest BCUT2D eigenvalue weighted by atomic mass is 16.5. The third-order valence-electron chi connectivity index (χ3n) is 3.50. The molecule has 0 bridgehead atoms. The van der Waals surface area contributed by atoms with Crippen LogP contribution in [-0.2, 0) is 12.8 Å². The molecular weight excluding hydrogens is 246 g/mol. The number of para-hydroxylation sites is 1. The van der Waals surface area contributed by atoms with Gasteiger partial charge >= 0.3 is 0 Å². The van der Waals surface area contributed by atoms with Gasteiger partial charge in [0.2, 0.25) is 0 Å². The summed E-state index contributed by atoms with van der Waals surface area (Å²) < 4.78 is 6.02. The second-order valence-corrected chi connectivity index (χ2v) is 5.08. The Kier molecular flexibility index (Phi) is 5.19. The minimum absolute atomic E-state index is 0.216. The van der Waals surface area contributed by atoms with E-state index in [-0.39, 0.29) is 6.04 Å². The fourth-order valence-electron chi connectivity index (χ4n) is 2.21. The summed E-state index contributed by atoms with van der Waals surface area (Å²) in [5.41, 5.74) is 8.47. The number of hydrogen-bond donors (Lipinski definition) is 1. The molecular formula is C18H23NO. The number of aryl methyl sites for hydroxylation is 1. The maximum absolute atomic E-state index is 6.02. The minimum Gasteiger partial charge on any atom is -0.457 e. The van der Waals surface area contributed by atoms with E-state index in [1.54, 1.807) is 0 Å². The van der Waals surface area contributed by atoms with Gasteiger partial charge in [0, 0.05) is 6.04 Å². The fourth-order valence-corrected chi connectivity index (χ4v) is 2.21. The van der Waals surface area contributed by atoms with E-state index in [4.69, 9.17) is 10.5 Å². The third-order valence-corrected chi connectivity index (χ3v) is 3.50. The first-order valence-corrected chi connectivity index (χ1v) is 7.33. The van der Waals surface area contributed by atoms with Crippen LogP contribution in [0.2, 0.25) is 0 Å². The molecule has 2 nitrogen and oxygen atoms in total. The van der Waals surface area contributed by atoms with Crippen molar-refractivity contribution in [2.24, 2.45) is 5.73 Å². The molecule has 106 valence electrons. The van der Waals surface area contributed by atoms with Gasteiger partial charge in [0.25, 0.3) is 0 Å². The molecule has 2 aromatic carbocycles. The van der Waals surface area contributed by atoms with Crippen LogP contribution in [0.3, 0.4) is 0 Å². The Bertz CT molecular complexity index is 551. The SMILES string of the molecule is CCc1ccccc1Oc1cccc(CC(N)CC)c1. The molecule has 0 aromatic heterocycles. The average Bonchev–Trinajstić information content (AvgIpc) is 2.48. The first kappa shape index (κ1) is 14.6. The van der Waals surface area contributed by atoms with Crippen LogP contribution in [-0.4, -0.2) is 6.04 Å². The van der Waals surface area contributed by atoms with Gasteiger partial charge in [-0.2, -0.15) is 0 Å². The van der Waals surface area contributed by atoms with Gasteiger partial charge in [-0.15, -0.1) is 0 Å². The molecule has 0 spiro atoms. The van der Waals surface area contributed by atoms with Crippen molar-refractivity contribution in [1.29, 1.82) is 0 Å². The van der Waals surface area contributed by atoms with E-state index in [9.17, 15) is 0 Å². The predicted octanol–water partition coefficient (Wildman–Crippen LogP) is 4.32. The Morgan fingerprint density at radius 3 is 2.60 bits per heavy atom. The van der Waals surface area contributed by atoms with Crippen LogP contribution in [0, 0.1) is 0 Å². The summed E-state index contributed by atoms with van der Waals surface area (Å²) in [4.78, 5) is 0. The number of benzene rings is 2. The Balaban J connectivity index is 2.15. The minimum atomic E-state index is 0.216. The second-order valence-electron chi connectivity index (χ2n) is 5.08. The largest absolute Gasteiger partial charge is 0.457 e. The molecule has 0 aliphatic carbocycles. The van der Waals surface area contributed by atoms with Gasteiger partial charge in [-0.05, 0) is 48.6 Å². The molecule has 1 atom stereocenters. The standard InChI is InChI=1S/C18H23NO/c1-3-15-9-5-6-11-18(15)20-17-10-7-8-14(13-17)12-16(19)4-2/h5-11,13,16H,3-4,12,19H2,1-2H3. The van der Waals surface area contributed by atoms with E-state index in [0.29, 0.717) is 0 Å². The molecule has 0 saturated carbocycles. The van der Waals surface area contributed by atoms with Gasteiger partial charge in [0.05, 0.1) is 0 Å². The van der Waals surface area contributed by atoms with Crippen molar-refractivity contribution >= 4 is 0 Å². The number of ether oxygens (including phenoxy) is 1. The molecule has 2 rings (SSSR count). The maximum Gasteiger partial charge on any atom is 0.130 e. The first-order valence-electron chi connectivity index (χ1n) is 7.33. The zero-order valence-corrected chi connectivity index (χ0v) is 12.3. The zero-order valence-electron chi connectivity index (χ0n) is 12.3. The molecule has 0 aliphatic rings. The molecule has 0 saturated heterocycles. The highest BCUT2D eigenvalue weighted by Crippen LogP contribution is 2.26. The van der Waals surface area contributed by atoms with Crippen LogP contribution in [0.25, 0.3) is 0 Å². The highest BCUT2D eigenvalue weighted by Gasteiger charge is 2.05. The molecule has 0 radical (unpaired) electrons. The van der Waals surface area contributed by atoms with E-state index in [0.717, 1.165) is 30.8 Å². The average molecular weight is 269 g/mol. The molecule has 2 aromatic rings. The van der Waals surface area contributed by atoms with Crippen molar-refractivity contribution in [3.8, 4) is 11.5 Å². The topological polar surface area (TPSA) is 35.2 Å². The smallest absolute Gasteiger partial charge is 0.130 e. The second kappa shape index (κ2) is 7.11. The summed E-state index contributed by atoms with van der Waals surface area (Å²) in [5.74, 6) is 1.82. The van der Waals surface area contributed by atoms with Crippen molar-refractivity contribution in [1.82, 2.24) is 0 Å². The van der Waals surface area contributed by atoms with E-state index < -0.39 is 0 Å². The molecule has 0 aliphatic heterocycles. The first-order chi connectivity index (χ1) is 9.72. The van der Waals surface area contributed by atoms with E-state index in [1.807, 2.05) is 30.3 Å². The van der Waals surface area contributed by atoms with Crippen LogP contribution in [0.4, 0.5) is 0 Å². The molecule has 0 fully saturated rings. The fraction of sp³-hybridized carbons (Fsp3) is 0.333. The van der Waals surface area contributed by atoms with E-state index in [1.165, 1.54) is 11.1 Å². The summed E-state index contributed by atoms with van der Waals surface area (Å²) >= 11 is 0. The molecule has 20 heavy (non-hydrogen) atoms. The van der Waals surface area contributed by atoms with Crippen LogP contribution >= 0.6 is 0 Å². The maximum atomic E-state index is 6.02. The monoisotopic (exact) mass is 269 g/mol. The molecule has 1 unspecified atom stereocenters. The van der Waals surface area contributed by atoms with Crippen LogP contribution in [0.1, 0.15) is 31.4 Å². The Morgan fingerprint density at radius 2 is 1.85 bits per heavy atom. The number of hydrogen-bond acceptors (Lipinski definition) is 2. The lowest BCUT2D eigenvalue weighted by Crippen LogP contribution is -2.21. The summed E-state index contributed by atoms with van der Waals surface area (Å²) in [6.07, 6.45) is 2.85. The van der Waals surface area contributed by atoms with Crippen molar-refractivity contribution < 1.29 is 4.74 Å². The van der Waals surface area contributed by atoms with Crippen LogP contribution in [0.15, 0.2) is 48.5 Å². The zero-order chi connectivity index (χ0) is 14.4. The van der Waals surface area contributed by atoms with Crippen LogP contribution < -0.4 is 10.5 Å². The van der Waals surface area contributed by atoms with E-state index >= 15 is 0 Å². The number of rotatable bonds is 6. The Hall–Kier alpha value is -1.80. The quantitative estimate of drug-likeness (QED) is 0.847. The highest BCUT2D eigenvalue weighted by molar-refractivity contribution is 5.39. The van der Waals surface area contributed by atoms with Crippen LogP contribution in [0.5, 0.6) is 11.5 Å². The van der Waals surface area contributed by atoms with Gasteiger partial charge in [0.1, 0.15) is 11.5 Å². The van der Waals surface area contributed by atoms with Crippen molar-refractivity contribution in [3.63, 3.8) is 0 Å². The van der Waals surface area contributed by atoms with Gasteiger partial charge in [-0.3, -0.25) is 0 Å². The molecule has 0 amide bonds. The third kappa shape index (κ3) is 3.84. The predicted molar refractivity (Wildman–Crippen MR) is 84.3 cm³/mol. The Labute approximate surface area is 121 Å². The lowest BCUT2D eigenvalue weighted by Gasteiger charge is -2.12. The van der Waals surface area contributed by atoms with Crippen molar-refractivity contribution in [3.05, 3.63) is 59.7 Å². The van der Waals surface area contributed by atoms with Gasteiger partial charge in [-0.1, -0.05) is 44.2 Å². The van der Waals surface area contributed by atoms with Crippen molar-refractivity contribution in [2.75, 3.05) is 0 Å². The van der Waals surface area contributed by atoms with Gasteiger partial charge in [-0.25, -0.2) is 0 Å². The Morgan fingerprint density at radius 1 is 1.05 bits per heavy atom.